The van der Waals surface area contributed by atoms with Gasteiger partial charge in [0.1, 0.15) is 16.0 Å². The fraction of sp³-hybridized carbons (Fsp3) is 0.583. The number of hydrogen-bond donors (Lipinski definition) is 3. The molecule has 0 saturated carbocycles. The van der Waals surface area contributed by atoms with Crippen molar-refractivity contribution in [2.24, 2.45) is 7.05 Å². The van der Waals surface area contributed by atoms with Crippen molar-refractivity contribution in [3.63, 3.8) is 0 Å². The summed E-state index contributed by atoms with van der Waals surface area (Å²) in [6.45, 7) is 3.91. The fourth-order valence-electron chi connectivity index (χ4n) is 1.73. The van der Waals surface area contributed by atoms with Crippen LogP contribution in [-0.2, 0) is 11.8 Å². The highest BCUT2D eigenvalue weighted by Crippen LogP contribution is 2.20. The molecule has 0 fully saturated rings. The summed E-state index contributed by atoms with van der Waals surface area (Å²) in [6, 6.07) is 0.134. The van der Waals surface area contributed by atoms with Crippen LogP contribution in [0.3, 0.4) is 0 Å². The Balaban J connectivity index is 2.57. The van der Waals surface area contributed by atoms with Crippen LogP contribution in [0.4, 0.5) is 5.82 Å². The van der Waals surface area contributed by atoms with Crippen LogP contribution in [0.1, 0.15) is 37.0 Å². The minimum Gasteiger partial charge on any atom is -0.383 e. The molecular formula is C12H20BrN5O2. The highest BCUT2D eigenvalue weighted by atomic mass is 79.9. The number of nitrogens with one attached hydrogen (secondary N) is 2. The van der Waals surface area contributed by atoms with Gasteiger partial charge in [-0.3, -0.25) is 14.3 Å². The number of hydrogen-bond acceptors (Lipinski definition) is 4. The number of nitrogen functional groups attached to an aromatic ring is 1. The first kappa shape index (κ1) is 16.5. The van der Waals surface area contributed by atoms with Gasteiger partial charge in [0.2, 0.25) is 5.91 Å². The van der Waals surface area contributed by atoms with Crippen LogP contribution < -0.4 is 16.4 Å². The number of halogens is 1. The van der Waals surface area contributed by atoms with Crippen molar-refractivity contribution in [3.8, 4) is 0 Å². The molecule has 1 aromatic rings. The Labute approximate surface area is 126 Å². The number of aryl methyl sites for hydroxylation is 1. The lowest BCUT2D eigenvalue weighted by Crippen LogP contribution is -2.41. The third-order valence-corrected chi connectivity index (χ3v) is 3.59. The Morgan fingerprint density at radius 1 is 1.40 bits per heavy atom. The Hall–Kier alpha value is -1.57. The average molecular weight is 346 g/mol. The van der Waals surface area contributed by atoms with Crippen LogP contribution in [0.5, 0.6) is 0 Å². The lowest BCUT2D eigenvalue weighted by Gasteiger charge is -2.14. The van der Waals surface area contributed by atoms with Crippen molar-refractivity contribution in [1.82, 2.24) is 20.4 Å². The van der Waals surface area contributed by atoms with Crippen molar-refractivity contribution < 1.29 is 9.59 Å². The number of aromatic nitrogens is 2. The molecule has 1 rings (SSSR count). The molecule has 7 nitrogen and oxygen atoms in total. The zero-order valence-corrected chi connectivity index (χ0v) is 13.5. The summed E-state index contributed by atoms with van der Waals surface area (Å²) in [4.78, 5) is 23.7. The predicted molar refractivity (Wildman–Crippen MR) is 80.2 cm³/mol. The maximum Gasteiger partial charge on any atom is 0.258 e. The predicted octanol–water partition coefficient (Wildman–Crippen LogP) is 0.799. The number of rotatable bonds is 6. The van der Waals surface area contributed by atoms with Crippen molar-refractivity contribution in [1.29, 1.82) is 0 Å². The van der Waals surface area contributed by atoms with Gasteiger partial charge < -0.3 is 16.4 Å². The van der Waals surface area contributed by atoms with E-state index in [2.05, 4.69) is 31.7 Å². The Bertz CT molecular complexity index is 496. The minimum atomic E-state index is -0.429. The second-order valence-electron chi connectivity index (χ2n) is 4.44. The second-order valence-corrected chi connectivity index (χ2v) is 5.19. The third kappa shape index (κ3) is 3.96. The van der Waals surface area contributed by atoms with Gasteiger partial charge in [0.25, 0.3) is 5.91 Å². The van der Waals surface area contributed by atoms with Gasteiger partial charge in [0, 0.05) is 13.1 Å². The molecule has 0 spiro atoms. The first-order chi connectivity index (χ1) is 9.40. The fourth-order valence-corrected chi connectivity index (χ4v) is 2.35. The van der Waals surface area contributed by atoms with Crippen LogP contribution in [0.2, 0.25) is 0 Å². The molecule has 1 heterocycles. The first-order valence-corrected chi connectivity index (χ1v) is 7.25. The summed E-state index contributed by atoms with van der Waals surface area (Å²) in [6.07, 6.45) is 1.72. The molecule has 0 unspecified atom stereocenters. The number of amides is 2. The molecule has 0 aliphatic carbocycles. The van der Waals surface area contributed by atoms with E-state index in [1.165, 1.54) is 4.68 Å². The Morgan fingerprint density at radius 2 is 2.00 bits per heavy atom. The topological polar surface area (TPSA) is 102 Å². The Kier molecular flexibility index (Phi) is 6.00. The van der Waals surface area contributed by atoms with Gasteiger partial charge in [-0.25, -0.2) is 0 Å². The quantitative estimate of drug-likeness (QED) is 0.709. The molecule has 0 atom stereocenters. The largest absolute Gasteiger partial charge is 0.383 e. The standard InChI is InChI=1S/C12H20BrN5O2/c1-4-7(5-2)16-8(19)6-15-12(20)9-10(13)17-18(3)11(9)14/h7H,4-6,14H2,1-3H3,(H,15,20)(H,16,19). The number of carbonyl (C=O) groups is 2. The van der Waals surface area contributed by atoms with E-state index in [1.54, 1.807) is 7.05 Å². The summed E-state index contributed by atoms with van der Waals surface area (Å²) in [5.41, 5.74) is 5.98. The van der Waals surface area contributed by atoms with E-state index in [0.29, 0.717) is 4.60 Å². The summed E-state index contributed by atoms with van der Waals surface area (Å²) >= 11 is 3.16. The molecule has 0 aliphatic heterocycles. The van der Waals surface area contributed by atoms with Gasteiger partial charge in [-0.1, -0.05) is 13.8 Å². The molecule has 4 N–H and O–H groups in total. The van der Waals surface area contributed by atoms with Crippen LogP contribution in [0, 0.1) is 0 Å². The Morgan fingerprint density at radius 3 is 2.45 bits per heavy atom. The summed E-state index contributed by atoms with van der Waals surface area (Å²) < 4.78 is 1.75. The van der Waals surface area contributed by atoms with Crippen molar-refractivity contribution in [2.75, 3.05) is 12.3 Å². The molecule has 0 radical (unpaired) electrons. The lowest BCUT2D eigenvalue weighted by atomic mass is 10.2. The molecule has 0 aliphatic rings. The van der Waals surface area contributed by atoms with Gasteiger partial charge in [0.15, 0.2) is 0 Å². The van der Waals surface area contributed by atoms with E-state index in [9.17, 15) is 9.59 Å². The monoisotopic (exact) mass is 345 g/mol. The molecule has 0 aromatic carbocycles. The normalized spacial score (nSPS) is 10.7. The molecule has 20 heavy (non-hydrogen) atoms. The van der Waals surface area contributed by atoms with Crippen LogP contribution >= 0.6 is 15.9 Å². The first-order valence-electron chi connectivity index (χ1n) is 6.46. The van der Waals surface area contributed by atoms with E-state index in [1.807, 2.05) is 13.8 Å². The molecule has 2 amide bonds. The number of anilines is 1. The van der Waals surface area contributed by atoms with E-state index in [-0.39, 0.29) is 29.9 Å². The molecule has 8 heteroatoms. The lowest BCUT2D eigenvalue weighted by molar-refractivity contribution is -0.120. The van der Waals surface area contributed by atoms with Gasteiger partial charge in [-0.2, -0.15) is 5.10 Å². The van der Waals surface area contributed by atoms with E-state index in [0.717, 1.165) is 12.8 Å². The maximum atomic E-state index is 12.0. The summed E-state index contributed by atoms with van der Waals surface area (Å²) in [5.74, 6) is -0.400. The molecule has 0 bridgehead atoms. The number of nitrogens with two attached hydrogens (primary N) is 1. The minimum absolute atomic E-state index is 0.0872. The van der Waals surface area contributed by atoms with Gasteiger partial charge in [-0.15, -0.1) is 0 Å². The number of carbonyl (C=O) groups excluding carboxylic acids is 2. The summed E-state index contributed by atoms with van der Waals surface area (Å²) in [7, 11) is 1.64. The van der Waals surface area contributed by atoms with Gasteiger partial charge >= 0.3 is 0 Å². The maximum absolute atomic E-state index is 12.0. The van der Waals surface area contributed by atoms with Crippen molar-refractivity contribution in [3.05, 3.63) is 10.2 Å². The van der Waals surface area contributed by atoms with Crippen molar-refractivity contribution >= 4 is 33.6 Å². The molecular weight excluding hydrogens is 326 g/mol. The van der Waals surface area contributed by atoms with Crippen molar-refractivity contribution in [2.45, 2.75) is 32.7 Å². The van der Waals surface area contributed by atoms with Crippen LogP contribution in [-0.4, -0.2) is 34.2 Å². The van der Waals surface area contributed by atoms with E-state index >= 15 is 0 Å². The smallest absolute Gasteiger partial charge is 0.258 e. The average Bonchev–Trinajstić information content (AvgIpc) is 2.67. The zero-order chi connectivity index (χ0) is 15.3. The molecule has 112 valence electrons. The van der Waals surface area contributed by atoms with Gasteiger partial charge in [-0.05, 0) is 28.8 Å². The SMILES string of the molecule is CCC(CC)NC(=O)CNC(=O)c1c(Br)nn(C)c1N. The molecule has 0 saturated heterocycles. The number of nitrogens with zero attached hydrogens (tertiary/aromatic N) is 2. The highest BCUT2D eigenvalue weighted by molar-refractivity contribution is 9.10. The van der Waals surface area contributed by atoms with E-state index in [4.69, 9.17) is 5.73 Å². The van der Waals surface area contributed by atoms with Crippen LogP contribution in [0.15, 0.2) is 4.60 Å². The summed E-state index contributed by atoms with van der Waals surface area (Å²) in [5, 5.41) is 9.35. The zero-order valence-electron chi connectivity index (χ0n) is 11.9. The van der Waals surface area contributed by atoms with Crippen LogP contribution in [0.25, 0.3) is 0 Å². The second kappa shape index (κ2) is 7.28. The van der Waals surface area contributed by atoms with Gasteiger partial charge in [0.05, 0.1) is 6.54 Å². The highest BCUT2D eigenvalue weighted by Gasteiger charge is 2.20. The molecule has 1 aromatic heterocycles. The van der Waals surface area contributed by atoms with E-state index < -0.39 is 5.91 Å². The third-order valence-electron chi connectivity index (χ3n) is 3.04.